The number of carbonyl (C=O) groups is 2. The molecule has 1 amide bonds. The molecule has 3 aliphatic carbocycles. The summed E-state index contributed by atoms with van der Waals surface area (Å²) in [6, 6.07) is 13.8. The quantitative estimate of drug-likeness (QED) is 0.0964. The fourth-order valence-electron chi connectivity index (χ4n) is 9.67. The highest BCUT2D eigenvalue weighted by Crippen LogP contribution is 2.62. The Bertz CT molecular complexity index is 1610. The molecule has 2 saturated carbocycles. The Morgan fingerprint density at radius 2 is 1.60 bits per heavy atom. The van der Waals surface area contributed by atoms with E-state index in [1.807, 2.05) is 36.4 Å². The van der Waals surface area contributed by atoms with Crippen molar-refractivity contribution in [2.45, 2.75) is 140 Å². The third-order valence-electron chi connectivity index (χ3n) is 12.6. The largest absolute Gasteiger partial charge is 0.480 e. The van der Waals surface area contributed by atoms with Crippen LogP contribution in [0.4, 0.5) is 26.7 Å². The normalized spacial score (nSPS) is 26.0. The summed E-state index contributed by atoms with van der Waals surface area (Å²) in [6.45, 7) is 2.26. The first kappa shape index (κ1) is 43.1. The van der Waals surface area contributed by atoms with Crippen LogP contribution in [0.2, 0.25) is 0 Å². The van der Waals surface area contributed by atoms with E-state index in [1.165, 1.54) is 5.56 Å². The molecule has 3 aliphatic rings. The predicted octanol–water partition coefficient (Wildman–Crippen LogP) is 9.76. The number of carboxylic acid groups (broad SMARTS) is 1. The zero-order valence-electron chi connectivity index (χ0n) is 31.6. The molecular formula is C42H56F5NO6S. The Labute approximate surface area is 323 Å². The number of nitrogens with one attached hydrogen (secondary N) is 1. The third-order valence-corrected chi connectivity index (χ3v) is 14.1. The molecule has 0 spiro atoms. The van der Waals surface area contributed by atoms with Crippen LogP contribution in [0.3, 0.4) is 0 Å². The van der Waals surface area contributed by atoms with Crippen molar-refractivity contribution in [3.63, 3.8) is 0 Å². The van der Waals surface area contributed by atoms with Crippen molar-refractivity contribution in [2.24, 2.45) is 23.2 Å². The van der Waals surface area contributed by atoms with Crippen molar-refractivity contribution in [2.75, 3.05) is 11.5 Å². The van der Waals surface area contributed by atoms with Gasteiger partial charge in [-0.1, -0.05) is 81.8 Å². The molecule has 0 saturated heterocycles. The van der Waals surface area contributed by atoms with Gasteiger partial charge in [-0.15, -0.1) is 0 Å². The minimum absolute atomic E-state index is 0.0870. The van der Waals surface area contributed by atoms with Crippen molar-refractivity contribution in [1.82, 2.24) is 5.32 Å². The van der Waals surface area contributed by atoms with Crippen molar-refractivity contribution in [3.8, 4) is 5.75 Å². The smallest absolute Gasteiger partial charge is 0.453 e. The van der Waals surface area contributed by atoms with Crippen LogP contribution in [0, 0.1) is 23.2 Å². The Balaban J connectivity index is 1.11. The van der Waals surface area contributed by atoms with Gasteiger partial charge in [0.15, 0.2) is 0 Å². The average Bonchev–Trinajstić information content (AvgIpc) is 3.43. The maximum atomic E-state index is 13.1. The molecule has 8 atom stereocenters. The van der Waals surface area contributed by atoms with Crippen LogP contribution >= 0.6 is 0 Å². The lowest BCUT2D eigenvalue weighted by molar-refractivity contribution is -0.284. The first-order valence-electron chi connectivity index (χ1n) is 19.9. The number of amides is 1. The van der Waals surface area contributed by atoms with E-state index in [1.54, 1.807) is 6.07 Å². The van der Waals surface area contributed by atoms with Crippen LogP contribution in [0.25, 0.3) is 0 Å². The molecule has 2 aromatic carbocycles. The number of fused-ring (bicyclic) bond motifs is 5. The molecule has 5 rings (SSSR count). The number of aliphatic hydroxyl groups excluding tert-OH is 1. The molecule has 7 nitrogen and oxygen atoms in total. The zero-order valence-corrected chi connectivity index (χ0v) is 32.5. The van der Waals surface area contributed by atoms with Gasteiger partial charge in [-0.25, -0.2) is 9.59 Å². The molecule has 3 unspecified atom stereocenters. The number of carbonyl (C=O) groups excluding carboxylic acids is 1. The molecule has 13 heteroatoms. The van der Waals surface area contributed by atoms with E-state index in [9.17, 15) is 46.0 Å². The predicted molar refractivity (Wildman–Crippen MR) is 202 cm³/mol. The number of hydrogen-bond donors (Lipinski definition) is 3. The Morgan fingerprint density at radius 1 is 0.927 bits per heavy atom. The van der Waals surface area contributed by atoms with Crippen LogP contribution in [-0.4, -0.2) is 62.2 Å². The lowest BCUT2D eigenvalue weighted by Crippen LogP contribution is -2.47. The first-order valence-corrected chi connectivity index (χ1v) is 21.4. The standard InChI is InChI=1S/C42H56F5NO6S/c1-40-22-20-33-32-17-16-31(54-39(52)48-35(38(50)51)25-28-13-8-7-9-14-28)27-30(32)26-29(37(33)34(40)18-19-36(40)49)15-10-5-3-2-4-6-11-23-55(53)24-12-21-41(43,44)42(45,46)47/h7-9,13-14,16-17,27,29,33-37,49H,2-6,10-12,15,18-26H2,1H3,(H,48,52)(H,50,51)/t29-,33?,34+,35?,36+,37-,40+,55?/m1/s1. The highest BCUT2D eigenvalue weighted by Gasteiger charge is 2.57. The van der Waals surface area contributed by atoms with E-state index >= 15 is 0 Å². The van der Waals surface area contributed by atoms with Gasteiger partial charge in [-0.3, -0.25) is 4.21 Å². The molecule has 2 aromatic rings. The van der Waals surface area contributed by atoms with Gasteiger partial charge in [0.25, 0.3) is 0 Å². The number of ether oxygens (including phenoxy) is 1. The molecule has 0 heterocycles. The topological polar surface area (TPSA) is 113 Å². The fraction of sp³-hybridized carbons (Fsp3) is 0.667. The van der Waals surface area contributed by atoms with Gasteiger partial charge >= 0.3 is 24.2 Å². The second-order valence-electron chi connectivity index (χ2n) is 16.3. The zero-order chi connectivity index (χ0) is 39.8. The SMILES string of the molecule is C[C@]12CCC3c4ccc(OC(=O)NC(Cc5ccccc5)C(=O)O)cc4C[C@@H](CCCCCCCCCS(=O)CCCC(F)(F)C(F)(F)F)[C@H]3[C@@H]1CC[C@@H]2O. The second-order valence-corrected chi connectivity index (χ2v) is 18.0. The van der Waals surface area contributed by atoms with Gasteiger partial charge in [-0.2, -0.15) is 22.0 Å². The lowest BCUT2D eigenvalue weighted by atomic mass is 9.52. The number of carboxylic acids is 1. The van der Waals surface area contributed by atoms with Gasteiger partial charge in [0, 0.05) is 35.1 Å². The second kappa shape index (κ2) is 18.9. The highest BCUT2D eigenvalue weighted by molar-refractivity contribution is 7.84. The van der Waals surface area contributed by atoms with Gasteiger partial charge in [-0.05, 0) is 109 Å². The molecule has 3 N–H and O–H groups in total. The van der Waals surface area contributed by atoms with E-state index in [0.717, 1.165) is 88.2 Å². The highest BCUT2D eigenvalue weighted by atomic mass is 32.2. The van der Waals surface area contributed by atoms with E-state index in [4.69, 9.17) is 4.74 Å². The molecule has 306 valence electrons. The van der Waals surface area contributed by atoms with Crippen molar-refractivity contribution in [3.05, 3.63) is 65.2 Å². The van der Waals surface area contributed by atoms with E-state index < -0.39 is 53.8 Å². The van der Waals surface area contributed by atoms with Gasteiger partial charge in [0.2, 0.25) is 0 Å². The lowest BCUT2D eigenvalue weighted by Gasteiger charge is -2.53. The minimum atomic E-state index is -5.57. The van der Waals surface area contributed by atoms with Gasteiger partial charge in [0.1, 0.15) is 11.8 Å². The molecular weight excluding hydrogens is 742 g/mol. The number of aliphatic hydroxyl groups is 1. The summed E-state index contributed by atoms with van der Waals surface area (Å²) in [5.74, 6) is -3.70. The summed E-state index contributed by atoms with van der Waals surface area (Å²) in [4.78, 5) is 24.8. The van der Waals surface area contributed by atoms with Gasteiger partial charge < -0.3 is 20.3 Å². The summed E-state index contributed by atoms with van der Waals surface area (Å²) < 4.78 is 80.8. The summed E-state index contributed by atoms with van der Waals surface area (Å²) in [6.07, 6.45) is 3.97. The van der Waals surface area contributed by atoms with Crippen LogP contribution < -0.4 is 10.1 Å². The monoisotopic (exact) mass is 797 g/mol. The Hall–Kier alpha value is -3.06. The number of alkyl halides is 5. The van der Waals surface area contributed by atoms with Crippen molar-refractivity contribution < 1.29 is 50.7 Å². The third kappa shape index (κ3) is 11.1. The summed E-state index contributed by atoms with van der Waals surface area (Å²) in [5.41, 5.74) is 3.14. The van der Waals surface area contributed by atoms with Crippen molar-refractivity contribution in [1.29, 1.82) is 0 Å². The number of halogens is 5. The molecule has 0 aliphatic heterocycles. The summed E-state index contributed by atoms with van der Waals surface area (Å²) in [7, 11) is -1.40. The fourth-order valence-corrected chi connectivity index (χ4v) is 10.9. The number of hydrogen-bond acceptors (Lipinski definition) is 5. The molecule has 55 heavy (non-hydrogen) atoms. The first-order chi connectivity index (χ1) is 26.1. The number of benzene rings is 2. The maximum Gasteiger partial charge on any atom is 0.453 e. The maximum absolute atomic E-state index is 13.1. The Morgan fingerprint density at radius 3 is 2.29 bits per heavy atom. The number of aliphatic carboxylic acids is 1. The minimum Gasteiger partial charge on any atom is -0.480 e. The summed E-state index contributed by atoms with van der Waals surface area (Å²) in [5, 5.41) is 23.3. The van der Waals surface area contributed by atoms with E-state index in [-0.39, 0.29) is 23.7 Å². The number of rotatable bonds is 19. The Kier molecular flexibility index (Phi) is 14.8. The van der Waals surface area contributed by atoms with E-state index in [0.29, 0.717) is 41.6 Å². The molecule has 0 bridgehead atoms. The van der Waals surface area contributed by atoms with E-state index in [2.05, 4.69) is 18.3 Å². The molecule has 0 aromatic heterocycles. The molecule has 2 fully saturated rings. The van der Waals surface area contributed by atoms with Gasteiger partial charge in [0.05, 0.1) is 6.10 Å². The van der Waals surface area contributed by atoms with Crippen LogP contribution in [0.15, 0.2) is 48.5 Å². The van der Waals surface area contributed by atoms with Crippen molar-refractivity contribution >= 4 is 22.9 Å². The average molecular weight is 798 g/mol. The summed E-state index contributed by atoms with van der Waals surface area (Å²) >= 11 is 0. The van der Waals surface area contributed by atoms with Crippen LogP contribution in [-0.2, 0) is 28.4 Å². The number of unbranched alkanes of at least 4 members (excludes halogenated alkanes) is 6. The molecule has 0 radical (unpaired) electrons. The van der Waals surface area contributed by atoms with Crippen LogP contribution in [0.5, 0.6) is 5.75 Å². The van der Waals surface area contributed by atoms with Crippen LogP contribution in [0.1, 0.15) is 119 Å².